The van der Waals surface area contributed by atoms with Gasteiger partial charge >= 0.3 is 5.97 Å². The zero-order valence-electron chi connectivity index (χ0n) is 18.8. The highest BCUT2D eigenvalue weighted by Crippen LogP contribution is 2.20. The molecule has 0 aliphatic carbocycles. The zero-order valence-corrected chi connectivity index (χ0v) is 18.8. The van der Waals surface area contributed by atoms with Crippen LogP contribution in [0.1, 0.15) is 55.9 Å². The van der Waals surface area contributed by atoms with Crippen molar-refractivity contribution >= 4 is 17.7 Å². The lowest BCUT2D eigenvalue weighted by molar-refractivity contribution is -0.135. The lowest BCUT2D eigenvalue weighted by atomic mass is 9.96. The summed E-state index contributed by atoms with van der Waals surface area (Å²) in [6.45, 7) is 5.41. The molecule has 0 radical (unpaired) electrons. The largest absolute Gasteiger partial charge is 0.452 e. The summed E-state index contributed by atoms with van der Waals surface area (Å²) in [5.41, 5.74) is 3.96. The van der Waals surface area contributed by atoms with Crippen LogP contribution in [0.3, 0.4) is 0 Å². The molecule has 0 aromatic heterocycles. The molecule has 3 rings (SSSR count). The first-order valence-corrected chi connectivity index (χ1v) is 10.5. The summed E-state index contributed by atoms with van der Waals surface area (Å²) >= 11 is 0. The van der Waals surface area contributed by atoms with E-state index in [1.807, 2.05) is 63.2 Å². The van der Waals surface area contributed by atoms with Crippen LogP contribution in [0, 0.1) is 13.8 Å². The van der Waals surface area contributed by atoms with Crippen molar-refractivity contribution < 1.29 is 19.1 Å². The van der Waals surface area contributed by atoms with Crippen LogP contribution in [0.25, 0.3) is 0 Å². The van der Waals surface area contributed by atoms with Crippen molar-refractivity contribution in [3.63, 3.8) is 0 Å². The van der Waals surface area contributed by atoms with Crippen LogP contribution >= 0.6 is 0 Å². The number of likely N-dealkylation sites (N-methyl/N-ethyl adjacent to an activating group) is 1. The fourth-order valence-corrected chi connectivity index (χ4v) is 3.38. The van der Waals surface area contributed by atoms with E-state index in [1.165, 1.54) is 11.0 Å². The van der Waals surface area contributed by atoms with Crippen LogP contribution in [0.5, 0.6) is 0 Å². The number of ketones is 1. The molecule has 0 fully saturated rings. The van der Waals surface area contributed by atoms with Gasteiger partial charge in [-0.25, -0.2) is 4.79 Å². The molecule has 1 amide bonds. The average Bonchev–Trinajstić information content (AvgIpc) is 2.83. The van der Waals surface area contributed by atoms with Crippen LogP contribution in [-0.4, -0.2) is 36.2 Å². The van der Waals surface area contributed by atoms with Crippen molar-refractivity contribution in [2.45, 2.75) is 26.8 Å². The molecular formula is C27H27NO4. The first kappa shape index (κ1) is 22.9. The molecule has 5 nitrogen and oxygen atoms in total. The summed E-state index contributed by atoms with van der Waals surface area (Å²) in [6, 6.07) is 21.4. The smallest absolute Gasteiger partial charge is 0.339 e. The number of aryl methyl sites for hydroxylation is 2. The van der Waals surface area contributed by atoms with Gasteiger partial charge in [0.05, 0.1) is 11.6 Å². The topological polar surface area (TPSA) is 63.7 Å². The number of esters is 1. The quantitative estimate of drug-likeness (QED) is 0.395. The fourth-order valence-electron chi connectivity index (χ4n) is 3.38. The third-order valence-electron chi connectivity index (χ3n) is 5.74. The Morgan fingerprint density at radius 1 is 0.844 bits per heavy atom. The van der Waals surface area contributed by atoms with E-state index in [0.717, 1.165) is 16.7 Å². The summed E-state index contributed by atoms with van der Waals surface area (Å²) in [6.07, 6.45) is 0. The third kappa shape index (κ3) is 5.11. The summed E-state index contributed by atoms with van der Waals surface area (Å²) < 4.78 is 5.28. The molecular weight excluding hydrogens is 402 g/mol. The molecule has 1 unspecified atom stereocenters. The molecule has 0 N–H and O–H groups in total. The molecule has 0 spiro atoms. The highest BCUT2D eigenvalue weighted by molar-refractivity contribution is 6.14. The van der Waals surface area contributed by atoms with E-state index in [-0.39, 0.29) is 28.9 Å². The maximum absolute atomic E-state index is 13.0. The molecule has 3 aromatic rings. The molecule has 0 saturated carbocycles. The number of hydrogen-bond donors (Lipinski definition) is 0. The molecule has 3 aromatic carbocycles. The number of carbonyl (C=O) groups excluding carboxylic acids is 3. The Bertz CT molecular complexity index is 1140. The first-order valence-electron chi connectivity index (χ1n) is 10.5. The van der Waals surface area contributed by atoms with Gasteiger partial charge in [0.2, 0.25) is 0 Å². The first-order chi connectivity index (χ1) is 15.3. The molecule has 0 saturated heterocycles. The maximum Gasteiger partial charge on any atom is 0.339 e. The van der Waals surface area contributed by atoms with Crippen molar-refractivity contribution in [3.8, 4) is 0 Å². The van der Waals surface area contributed by atoms with Crippen LogP contribution in [0.2, 0.25) is 0 Å². The summed E-state index contributed by atoms with van der Waals surface area (Å²) in [5, 5.41) is 0. The minimum atomic E-state index is -0.702. The number of benzene rings is 3. The Hall–Kier alpha value is -3.73. The molecule has 0 aliphatic rings. The standard InChI is InChI=1S/C27H27NO4/c1-18-14-15-22(16-19(18)2)26(30)23-12-8-9-13-24(23)27(31)32-17-25(29)28(4)20(3)21-10-6-5-7-11-21/h5-16,20H,17H2,1-4H3. The van der Waals surface area contributed by atoms with Crippen molar-refractivity contribution in [2.24, 2.45) is 0 Å². The van der Waals surface area contributed by atoms with E-state index < -0.39 is 12.6 Å². The predicted octanol–water partition coefficient (Wildman–Crippen LogP) is 4.91. The number of hydrogen-bond acceptors (Lipinski definition) is 4. The van der Waals surface area contributed by atoms with E-state index in [1.54, 1.807) is 31.3 Å². The Morgan fingerprint density at radius 2 is 1.47 bits per heavy atom. The Kier molecular flexibility index (Phi) is 7.21. The number of nitrogens with zero attached hydrogens (tertiary/aromatic N) is 1. The van der Waals surface area contributed by atoms with Crippen molar-refractivity contribution in [1.29, 1.82) is 0 Å². The molecule has 5 heteroatoms. The SMILES string of the molecule is Cc1ccc(C(=O)c2ccccc2C(=O)OCC(=O)N(C)C(C)c2ccccc2)cc1C. The molecule has 32 heavy (non-hydrogen) atoms. The van der Waals surface area contributed by atoms with Gasteiger partial charge in [-0.1, -0.05) is 60.7 Å². The number of rotatable bonds is 7. The van der Waals surface area contributed by atoms with E-state index in [2.05, 4.69) is 0 Å². The molecule has 0 aliphatic heterocycles. The highest BCUT2D eigenvalue weighted by Gasteiger charge is 2.22. The summed E-state index contributed by atoms with van der Waals surface area (Å²) in [5.74, 6) is -1.29. The Balaban J connectivity index is 1.71. The zero-order chi connectivity index (χ0) is 23.3. The van der Waals surface area contributed by atoms with Crippen molar-refractivity contribution in [2.75, 3.05) is 13.7 Å². The van der Waals surface area contributed by atoms with Gasteiger partial charge in [0, 0.05) is 18.2 Å². The van der Waals surface area contributed by atoms with Crippen LogP contribution in [0.4, 0.5) is 0 Å². The van der Waals surface area contributed by atoms with Gasteiger partial charge in [0.25, 0.3) is 5.91 Å². The van der Waals surface area contributed by atoms with Gasteiger partial charge < -0.3 is 9.64 Å². The Morgan fingerprint density at radius 3 is 2.12 bits per heavy atom. The summed E-state index contributed by atoms with van der Waals surface area (Å²) in [7, 11) is 1.67. The van der Waals surface area contributed by atoms with E-state index >= 15 is 0 Å². The van der Waals surface area contributed by atoms with E-state index in [4.69, 9.17) is 4.74 Å². The van der Waals surface area contributed by atoms with Crippen molar-refractivity contribution in [3.05, 3.63) is 106 Å². The van der Waals surface area contributed by atoms with E-state index in [0.29, 0.717) is 5.56 Å². The van der Waals surface area contributed by atoms with Crippen LogP contribution in [0.15, 0.2) is 72.8 Å². The van der Waals surface area contributed by atoms with Gasteiger partial charge in [0.15, 0.2) is 12.4 Å². The minimum Gasteiger partial charge on any atom is -0.452 e. The summed E-state index contributed by atoms with van der Waals surface area (Å²) in [4.78, 5) is 39.9. The third-order valence-corrected chi connectivity index (χ3v) is 5.74. The van der Waals surface area contributed by atoms with Gasteiger partial charge in [-0.05, 0) is 49.6 Å². The molecule has 164 valence electrons. The lowest BCUT2D eigenvalue weighted by Crippen LogP contribution is -2.33. The minimum absolute atomic E-state index is 0.141. The second-order valence-electron chi connectivity index (χ2n) is 7.84. The molecule has 0 heterocycles. The number of ether oxygens (including phenoxy) is 1. The predicted molar refractivity (Wildman–Crippen MR) is 124 cm³/mol. The van der Waals surface area contributed by atoms with Gasteiger partial charge in [0.1, 0.15) is 0 Å². The molecule has 1 atom stereocenters. The normalized spacial score (nSPS) is 11.5. The van der Waals surface area contributed by atoms with Gasteiger partial charge in [-0.15, -0.1) is 0 Å². The maximum atomic E-state index is 13.0. The van der Waals surface area contributed by atoms with Crippen LogP contribution in [-0.2, 0) is 9.53 Å². The number of amides is 1. The second kappa shape index (κ2) is 10.1. The fraction of sp³-hybridized carbons (Fsp3) is 0.222. The molecule has 0 bridgehead atoms. The highest BCUT2D eigenvalue weighted by atomic mass is 16.5. The van der Waals surface area contributed by atoms with E-state index in [9.17, 15) is 14.4 Å². The lowest BCUT2D eigenvalue weighted by Gasteiger charge is -2.25. The second-order valence-corrected chi connectivity index (χ2v) is 7.84. The monoisotopic (exact) mass is 429 g/mol. The average molecular weight is 430 g/mol. The van der Waals surface area contributed by atoms with Crippen LogP contribution < -0.4 is 0 Å². The van der Waals surface area contributed by atoms with Gasteiger partial charge in [-0.2, -0.15) is 0 Å². The Labute approximate surface area is 188 Å². The van der Waals surface area contributed by atoms with Gasteiger partial charge in [-0.3, -0.25) is 9.59 Å². The number of carbonyl (C=O) groups is 3. The van der Waals surface area contributed by atoms with Crippen molar-refractivity contribution in [1.82, 2.24) is 4.90 Å².